The third kappa shape index (κ3) is 4.54. The molecular weight excluding hydrogens is 452 g/mol. The number of anilines is 2. The number of para-hydroxylation sites is 2. The molecule has 4 rings (SSSR count). The molecule has 3 aromatic rings. The first-order valence-corrected chi connectivity index (χ1v) is 12.4. The van der Waals surface area contributed by atoms with Crippen molar-refractivity contribution in [1.29, 1.82) is 0 Å². The molecule has 1 aliphatic rings. The molecule has 0 aromatic heterocycles. The molecule has 0 saturated carbocycles. The van der Waals surface area contributed by atoms with Gasteiger partial charge in [-0.1, -0.05) is 42.5 Å². The normalized spacial score (nSPS) is 13.8. The molecule has 1 N–H and O–H groups in total. The van der Waals surface area contributed by atoms with Gasteiger partial charge in [0.2, 0.25) is 0 Å². The lowest BCUT2D eigenvalue weighted by Gasteiger charge is -2.20. The van der Waals surface area contributed by atoms with Gasteiger partial charge in [0.15, 0.2) is 6.10 Å². The van der Waals surface area contributed by atoms with Crippen LogP contribution >= 0.6 is 0 Å². The lowest BCUT2D eigenvalue weighted by molar-refractivity contribution is -0.123. The Balaban J connectivity index is 1.49. The first kappa shape index (κ1) is 23.5. The maximum Gasteiger partial charge on any atom is 0.338 e. The Morgan fingerprint density at radius 1 is 0.971 bits per heavy atom. The monoisotopic (exact) mass is 478 g/mol. The number of ether oxygens (including phenoxy) is 1. The van der Waals surface area contributed by atoms with Crippen LogP contribution in [0.3, 0.4) is 0 Å². The molecule has 0 aliphatic carbocycles. The molecule has 1 amide bonds. The number of carbonyl (C=O) groups excluding carboxylic acids is 2. The van der Waals surface area contributed by atoms with Crippen LogP contribution in [0.1, 0.15) is 34.0 Å². The summed E-state index contributed by atoms with van der Waals surface area (Å²) in [4.78, 5) is 25.3. The summed E-state index contributed by atoms with van der Waals surface area (Å²) < 4.78 is 33.3. The van der Waals surface area contributed by atoms with E-state index in [2.05, 4.69) is 5.32 Å². The highest BCUT2D eigenvalue weighted by Crippen LogP contribution is 2.32. The van der Waals surface area contributed by atoms with Gasteiger partial charge in [0, 0.05) is 12.2 Å². The maximum atomic E-state index is 13.3. The standard InChI is InChI=1S/C26H26N2O5S/c1-17-8-6-9-18(2)24(17)27-25(29)19(3)33-26(30)21-11-7-12-22(16-21)34(31,32)28-15-14-20-10-4-5-13-23(20)28/h4-13,16,19H,14-15H2,1-3H3,(H,27,29). The number of nitrogens with one attached hydrogen (secondary N) is 1. The number of hydrogen-bond donors (Lipinski definition) is 1. The number of nitrogens with zero attached hydrogens (tertiary/aromatic N) is 1. The third-order valence-electron chi connectivity index (χ3n) is 5.88. The Morgan fingerprint density at radius 3 is 2.38 bits per heavy atom. The van der Waals surface area contributed by atoms with Crippen molar-refractivity contribution in [2.24, 2.45) is 0 Å². The zero-order valence-electron chi connectivity index (χ0n) is 19.2. The Kier molecular flexibility index (Phi) is 6.43. The number of carbonyl (C=O) groups is 2. The lowest BCUT2D eigenvalue weighted by Crippen LogP contribution is -2.31. The fourth-order valence-electron chi connectivity index (χ4n) is 3.99. The molecule has 176 valence electrons. The topological polar surface area (TPSA) is 92.8 Å². The summed E-state index contributed by atoms with van der Waals surface area (Å²) in [6.45, 7) is 5.57. The van der Waals surface area contributed by atoms with E-state index >= 15 is 0 Å². The van der Waals surface area contributed by atoms with Crippen molar-refractivity contribution in [3.8, 4) is 0 Å². The molecule has 0 radical (unpaired) electrons. The molecule has 1 atom stereocenters. The number of fused-ring (bicyclic) bond motifs is 1. The number of sulfonamides is 1. The summed E-state index contributed by atoms with van der Waals surface area (Å²) in [7, 11) is -3.86. The van der Waals surface area contributed by atoms with Gasteiger partial charge in [0.25, 0.3) is 15.9 Å². The van der Waals surface area contributed by atoms with Crippen LogP contribution in [-0.4, -0.2) is 32.9 Å². The van der Waals surface area contributed by atoms with E-state index in [1.807, 2.05) is 44.2 Å². The molecule has 0 fully saturated rings. The first-order chi connectivity index (χ1) is 16.2. The second-order valence-electron chi connectivity index (χ2n) is 8.29. The molecule has 1 unspecified atom stereocenters. The van der Waals surface area contributed by atoms with Crippen LogP contribution in [0.2, 0.25) is 0 Å². The largest absolute Gasteiger partial charge is 0.449 e. The quantitative estimate of drug-likeness (QED) is 0.535. The van der Waals surface area contributed by atoms with Gasteiger partial charge in [-0.05, 0) is 68.1 Å². The zero-order chi connectivity index (χ0) is 24.5. The van der Waals surface area contributed by atoms with Gasteiger partial charge >= 0.3 is 5.97 Å². The fraction of sp³-hybridized carbons (Fsp3) is 0.231. The fourth-order valence-corrected chi connectivity index (χ4v) is 5.54. The minimum absolute atomic E-state index is 0.00806. The number of aryl methyl sites for hydroxylation is 2. The van der Waals surface area contributed by atoms with Gasteiger partial charge in [-0.25, -0.2) is 13.2 Å². The molecule has 1 heterocycles. The van der Waals surface area contributed by atoms with Crippen molar-refractivity contribution in [1.82, 2.24) is 0 Å². The highest BCUT2D eigenvalue weighted by Gasteiger charge is 2.31. The molecule has 8 heteroatoms. The molecule has 0 bridgehead atoms. The van der Waals surface area contributed by atoms with E-state index in [-0.39, 0.29) is 10.5 Å². The Morgan fingerprint density at radius 2 is 1.65 bits per heavy atom. The summed E-state index contributed by atoms with van der Waals surface area (Å²) in [6, 6.07) is 18.7. The maximum absolute atomic E-state index is 13.3. The van der Waals surface area contributed by atoms with E-state index in [0.717, 1.165) is 16.7 Å². The molecule has 34 heavy (non-hydrogen) atoms. The van der Waals surface area contributed by atoms with Crippen LogP contribution in [0.15, 0.2) is 71.6 Å². The molecule has 1 aliphatic heterocycles. The van der Waals surface area contributed by atoms with E-state index in [9.17, 15) is 18.0 Å². The Bertz CT molecular complexity index is 1350. The van der Waals surface area contributed by atoms with Crippen molar-refractivity contribution < 1.29 is 22.7 Å². The van der Waals surface area contributed by atoms with Crippen molar-refractivity contribution >= 4 is 33.3 Å². The van der Waals surface area contributed by atoms with E-state index in [1.54, 1.807) is 12.1 Å². The number of rotatable bonds is 6. The van der Waals surface area contributed by atoms with Crippen LogP contribution in [-0.2, 0) is 26.0 Å². The third-order valence-corrected chi connectivity index (χ3v) is 7.69. The van der Waals surface area contributed by atoms with Crippen LogP contribution in [0, 0.1) is 13.8 Å². The minimum Gasteiger partial charge on any atom is -0.449 e. The van der Waals surface area contributed by atoms with Gasteiger partial charge < -0.3 is 10.1 Å². The van der Waals surface area contributed by atoms with Crippen LogP contribution < -0.4 is 9.62 Å². The van der Waals surface area contributed by atoms with Crippen molar-refractivity contribution in [3.63, 3.8) is 0 Å². The number of benzene rings is 3. The predicted molar refractivity (Wildman–Crippen MR) is 131 cm³/mol. The zero-order valence-corrected chi connectivity index (χ0v) is 20.1. The summed E-state index contributed by atoms with van der Waals surface area (Å²) in [6.07, 6.45) is -0.443. The lowest BCUT2D eigenvalue weighted by atomic mass is 10.1. The average Bonchev–Trinajstić information content (AvgIpc) is 3.26. The van der Waals surface area contributed by atoms with Gasteiger partial charge in [-0.2, -0.15) is 0 Å². The van der Waals surface area contributed by atoms with E-state index in [4.69, 9.17) is 4.74 Å². The minimum atomic E-state index is -3.86. The first-order valence-electron chi connectivity index (χ1n) is 11.0. The van der Waals surface area contributed by atoms with Crippen molar-refractivity contribution in [2.75, 3.05) is 16.2 Å². The van der Waals surface area contributed by atoms with Crippen LogP contribution in [0.4, 0.5) is 11.4 Å². The number of hydrogen-bond acceptors (Lipinski definition) is 5. The van der Waals surface area contributed by atoms with Crippen molar-refractivity contribution in [2.45, 2.75) is 38.2 Å². The van der Waals surface area contributed by atoms with Gasteiger partial charge in [-0.15, -0.1) is 0 Å². The second kappa shape index (κ2) is 9.30. The van der Waals surface area contributed by atoms with E-state index in [0.29, 0.717) is 24.3 Å². The highest BCUT2D eigenvalue weighted by atomic mass is 32.2. The van der Waals surface area contributed by atoms with Gasteiger partial charge in [-0.3, -0.25) is 9.10 Å². The average molecular weight is 479 g/mol. The molecule has 7 nitrogen and oxygen atoms in total. The van der Waals surface area contributed by atoms with Crippen molar-refractivity contribution in [3.05, 3.63) is 89.0 Å². The van der Waals surface area contributed by atoms with Crippen LogP contribution in [0.5, 0.6) is 0 Å². The van der Waals surface area contributed by atoms with Gasteiger partial charge in [0.05, 0.1) is 16.1 Å². The second-order valence-corrected chi connectivity index (χ2v) is 10.1. The molecule has 0 saturated heterocycles. The number of esters is 1. The van der Waals surface area contributed by atoms with E-state index < -0.39 is 28.0 Å². The SMILES string of the molecule is Cc1cccc(C)c1NC(=O)C(C)OC(=O)c1cccc(S(=O)(=O)N2CCc3ccccc32)c1. The van der Waals surface area contributed by atoms with E-state index in [1.165, 1.54) is 35.5 Å². The predicted octanol–water partition coefficient (Wildman–Crippen LogP) is 4.24. The Hall–Kier alpha value is -3.65. The molecule has 0 spiro atoms. The molecule has 3 aromatic carbocycles. The smallest absolute Gasteiger partial charge is 0.338 e. The van der Waals surface area contributed by atoms with Crippen LogP contribution in [0.25, 0.3) is 0 Å². The molecular formula is C26H26N2O5S. The summed E-state index contributed by atoms with van der Waals surface area (Å²) in [5.41, 5.74) is 4.13. The summed E-state index contributed by atoms with van der Waals surface area (Å²) >= 11 is 0. The highest BCUT2D eigenvalue weighted by molar-refractivity contribution is 7.92. The summed E-state index contributed by atoms with van der Waals surface area (Å²) in [5, 5.41) is 2.80. The number of amides is 1. The Labute approximate surface area is 199 Å². The van der Waals surface area contributed by atoms with Gasteiger partial charge in [0.1, 0.15) is 0 Å². The summed E-state index contributed by atoms with van der Waals surface area (Å²) in [5.74, 6) is -1.24.